The molecule has 1 amide bonds. The molecular formula is C15H16FN3OS. The molecule has 0 aliphatic heterocycles. The minimum atomic E-state index is -0.434. The number of carbonyl (C=O) groups is 1. The highest BCUT2D eigenvalue weighted by molar-refractivity contribution is 7.09. The van der Waals surface area contributed by atoms with Crippen molar-refractivity contribution < 1.29 is 9.18 Å². The van der Waals surface area contributed by atoms with E-state index in [9.17, 15) is 9.18 Å². The van der Waals surface area contributed by atoms with Crippen LogP contribution >= 0.6 is 11.3 Å². The molecule has 2 aromatic rings. The Kier molecular flexibility index (Phi) is 3.73. The van der Waals surface area contributed by atoms with Gasteiger partial charge in [0.2, 0.25) is 0 Å². The Bertz CT molecular complexity index is 666. The first-order valence-corrected chi connectivity index (χ1v) is 7.74. The van der Waals surface area contributed by atoms with Gasteiger partial charge in [0.1, 0.15) is 11.5 Å². The normalized spacial score (nSPS) is 15.7. The number of aromatic nitrogens is 1. The SMILES string of the molecule is NCCc1nc(C(=O)NC2(c3cccc(F)c3)CC2)cs1. The molecule has 1 aliphatic rings. The van der Waals surface area contributed by atoms with Crippen molar-refractivity contribution in [3.63, 3.8) is 0 Å². The van der Waals surface area contributed by atoms with Crippen LogP contribution in [-0.4, -0.2) is 17.4 Å². The van der Waals surface area contributed by atoms with Gasteiger partial charge in [0.05, 0.1) is 10.5 Å². The van der Waals surface area contributed by atoms with Crippen molar-refractivity contribution in [2.24, 2.45) is 5.73 Å². The third-order valence-corrected chi connectivity index (χ3v) is 4.53. The number of hydrogen-bond acceptors (Lipinski definition) is 4. The first-order chi connectivity index (χ1) is 10.1. The topological polar surface area (TPSA) is 68.0 Å². The van der Waals surface area contributed by atoms with Crippen molar-refractivity contribution in [3.8, 4) is 0 Å². The van der Waals surface area contributed by atoms with Crippen LogP contribution in [0.3, 0.4) is 0 Å². The number of carbonyl (C=O) groups excluding carboxylic acids is 1. The van der Waals surface area contributed by atoms with Gasteiger partial charge < -0.3 is 11.1 Å². The van der Waals surface area contributed by atoms with Crippen LogP contribution in [0.1, 0.15) is 33.9 Å². The van der Waals surface area contributed by atoms with E-state index < -0.39 is 5.54 Å². The molecule has 0 saturated heterocycles. The predicted molar refractivity (Wildman–Crippen MR) is 79.7 cm³/mol. The molecule has 1 aromatic carbocycles. The summed E-state index contributed by atoms with van der Waals surface area (Å²) in [6, 6.07) is 6.39. The molecule has 1 fully saturated rings. The van der Waals surface area contributed by atoms with E-state index in [0.29, 0.717) is 18.7 Å². The van der Waals surface area contributed by atoms with Crippen LogP contribution in [0.25, 0.3) is 0 Å². The lowest BCUT2D eigenvalue weighted by molar-refractivity contribution is 0.0926. The number of nitrogens with one attached hydrogen (secondary N) is 1. The molecule has 0 spiro atoms. The van der Waals surface area contributed by atoms with Crippen molar-refractivity contribution in [2.45, 2.75) is 24.8 Å². The molecular weight excluding hydrogens is 289 g/mol. The van der Waals surface area contributed by atoms with Crippen LogP contribution in [0.5, 0.6) is 0 Å². The van der Waals surface area contributed by atoms with E-state index in [4.69, 9.17) is 5.73 Å². The van der Waals surface area contributed by atoms with Gasteiger partial charge in [-0.3, -0.25) is 4.79 Å². The summed E-state index contributed by atoms with van der Waals surface area (Å²) in [4.78, 5) is 16.6. The number of halogens is 1. The summed E-state index contributed by atoms with van der Waals surface area (Å²) in [6.07, 6.45) is 2.32. The monoisotopic (exact) mass is 305 g/mol. The summed E-state index contributed by atoms with van der Waals surface area (Å²) in [5.74, 6) is -0.497. The second-order valence-electron chi connectivity index (χ2n) is 5.21. The average molecular weight is 305 g/mol. The van der Waals surface area contributed by atoms with E-state index >= 15 is 0 Å². The molecule has 21 heavy (non-hydrogen) atoms. The van der Waals surface area contributed by atoms with Crippen LogP contribution in [-0.2, 0) is 12.0 Å². The second-order valence-corrected chi connectivity index (χ2v) is 6.15. The Hall–Kier alpha value is -1.79. The van der Waals surface area contributed by atoms with Crippen molar-refractivity contribution in [2.75, 3.05) is 6.54 Å². The summed E-state index contributed by atoms with van der Waals surface area (Å²) in [5, 5.41) is 5.59. The third-order valence-electron chi connectivity index (χ3n) is 3.62. The lowest BCUT2D eigenvalue weighted by Crippen LogP contribution is -2.35. The van der Waals surface area contributed by atoms with Crippen LogP contribution in [0.4, 0.5) is 4.39 Å². The summed E-state index contributed by atoms with van der Waals surface area (Å²) in [5.41, 5.74) is 6.27. The van der Waals surface area contributed by atoms with Gasteiger partial charge in [-0.1, -0.05) is 12.1 Å². The third kappa shape index (κ3) is 2.96. The number of hydrogen-bond donors (Lipinski definition) is 2. The number of rotatable bonds is 5. The highest BCUT2D eigenvalue weighted by Gasteiger charge is 2.46. The first kappa shape index (κ1) is 14.2. The zero-order valence-electron chi connectivity index (χ0n) is 11.4. The highest BCUT2D eigenvalue weighted by atomic mass is 32.1. The van der Waals surface area contributed by atoms with E-state index in [-0.39, 0.29) is 11.7 Å². The van der Waals surface area contributed by atoms with Crippen molar-refractivity contribution in [3.05, 3.63) is 51.7 Å². The first-order valence-electron chi connectivity index (χ1n) is 6.86. The van der Waals surface area contributed by atoms with E-state index in [0.717, 1.165) is 23.4 Å². The molecule has 0 bridgehead atoms. The highest BCUT2D eigenvalue weighted by Crippen LogP contribution is 2.45. The zero-order chi connectivity index (χ0) is 14.9. The van der Waals surface area contributed by atoms with E-state index in [2.05, 4.69) is 10.3 Å². The van der Waals surface area contributed by atoms with Crippen LogP contribution in [0.15, 0.2) is 29.6 Å². The number of nitrogens with two attached hydrogens (primary N) is 1. The molecule has 1 aliphatic carbocycles. The molecule has 3 N–H and O–H groups in total. The molecule has 1 heterocycles. The summed E-state index contributed by atoms with van der Waals surface area (Å²) in [7, 11) is 0. The smallest absolute Gasteiger partial charge is 0.271 e. The lowest BCUT2D eigenvalue weighted by atomic mass is 10.0. The Morgan fingerprint density at radius 3 is 2.95 bits per heavy atom. The van der Waals surface area contributed by atoms with Gasteiger partial charge in [-0.25, -0.2) is 9.37 Å². The molecule has 6 heteroatoms. The van der Waals surface area contributed by atoms with Gasteiger partial charge in [0.15, 0.2) is 0 Å². The Labute approximate surface area is 126 Å². The second kappa shape index (κ2) is 5.54. The fourth-order valence-electron chi connectivity index (χ4n) is 2.33. The summed E-state index contributed by atoms with van der Waals surface area (Å²) >= 11 is 1.44. The molecule has 3 rings (SSSR count). The fraction of sp³-hybridized carbons (Fsp3) is 0.333. The van der Waals surface area contributed by atoms with Gasteiger partial charge in [-0.05, 0) is 37.1 Å². The van der Waals surface area contributed by atoms with Gasteiger partial charge in [-0.2, -0.15) is 0 Å². The largest absolute Gasteiger partial charge is 0.341 e. The molecule has 0 atom stereocenters. The number of thiazole rings is 1. The Morgan fingerprint density at radius 1 is 1.48 bits per heavy atom. The van der Waals surface area contributed by atoms with Crippen LogP contribution < -0.4 is 11.1 Å². The summed E-state index contributed by atoms with van der Waals surface area (Å²) in [6.45, 7) is 0.516. The summed E-state index contributed by atoms with van der Waals surface area (Å²) < 4.78 is 13.3. The van der Waals surface area contributed by atoms with E-state index in [1.807, 2.05) is 6.07 Å². The minimum absolute atomic E-state index is 0.212. The number of amides is 1. The van der Waals surface area contributed by atoms with Crippen molar-refractivity contribution in [1.82, 2.24) is 10.3 Å². The molecule has 0 unspecified atom stereocenters. The number of nitrogens with zero attached hydrogens (tertiary/aromatic N) is 1. The zero-order valence-corrected chi connectivity index (χ0v) is 12.3. The van der Waals surface area contributed by atoms with Gasteiger partial charge in [0, 0.05) is 11.8 Å². The fourth-order valence-corrected chi connectivity index (χ4v) is 3.13. The van der Waals surface area contributed by atoms with Gasteiger partial charge >= 0.3 is 0 Å². The quantitative estimate of drug-likeness (QED) is 0.890. The standard InChI is InChI=1S/C15H16FN3OS/c16-11-3-1-2-10(8-11)15(5-6-15)19-14(20)12-9-21-13(18-12)4-7-17/h1-3,8-9H,4-7,17H2,(H,19,20). The number of benzene rings is 1. The van der Waals surface area contributed by atoms with Crippen LogP contribution in [0.2, 0.25) is 0 Å². The minimum Gasteiger partial charge on any atom is -0.341 e. The predicted octanol–water partition coefficient (Wildman–Crippen LogP) is 2.20. The maximum atomic E-state index is 13.3. The molecule has 110 valence electrons. The van der Waals surface area contributed by atoms with E-state index in [1.165, 1.54) is 23.5 Å². The van der Waals surface area contributed by atoms with E-state index in [1.54, 1.807) is 11.4 Å². The van der Waals surface area contributed by atoms with Crippen molar-refractivity contribution >= 4 is 17.2 Å². The Balaban J connectivity index is 1.74. The molecule has 1 aromatic heterocycles. The lowest BCUT2D eigenvalue weighted by Gasteiger charge is -2.17. The van der Waals surface area contributed by atoms with Crippen molar-refractivity contribution in [1.29, 1.82) is 0 Å². The van der Waals surface area contributed by atoms with Gasteiger partial charge in [-0.15, -0.1) is 11.3 Å². The molecule has 4 nitrogen and oxygen atoms in total. The maximum Gasteiger partial charge on any atom is 0.271 e. The Morgan fingerprint density at radius 2 is 2.29 bits per heavy atom. The van der Waals surface area contributed by atoms with Crippen LogP contribution in [0, 0.1) is 5.82 Å². The molecule has 1 saturated carbocycles. The average Bonchev–Trinajstić information content (AvgIpc) is 3.09. The van der Waals surface area contributed by atoms with Gasteiger partial charge in [0.25, 0.3) is 5.91 Å². The maximum absolute atomic E-state index is 13.3. The molecule has 0 radical (unpaired) electrons.